The van der Waals surface area contributed by atoms with E-state index in [9.17, 15) is 4.79 Å². The summed E-state index contributed by atoms with van der Waals surface area (Å²) in [5.41, 5.74) is 1.03. The Morgan fingerprint density at radius 1 is 1.19 bits per heavy atom. The van der Waals surface area contributed by atoms with Gasteiger partial charge in [-0.25, -0.2) is 0 Å². The van der Waals surface area contributed by atoms with Gasteiger partial charge in [0, 0.05) is 29.2 Å². The Bertz CT molecular complexity index is 594. The van der Waals surface area contributed by atoms with Crippen molar-refractivity contribution < 1.29 is 9.53 Å². The summed E-state index contributed by atoms with van der Waals surface area (Å²) in [5.74, 6) is 1.00. The number of para-hydroxylation sites is 1. The maximum Gasteiger partial charge on any atom is 0.227 e. The smallest absolute Gasteiger partial charge is 0.227 e. The minimum absolute atomic E-state index is 0.0294. The Balaban J connectivity index is 2.21. The van der Waals surface area contributed by atoms with Crippen LogP contribution in [0.1, 0.15) is 65.9 Å². The first-order valence-electron chi connectivity index (χ1n) is 9.88. The number of piperidine rings is 1. The van der Waals surface area contributed by atoms with E-state index in [2.05, 4.69) is 44.8 Å². The first kappa shape index (κ1) is 20.8. The molecule has 0 aliphatic carbocycles. The molecule has 1 saturated heterocycles. The van der Waals surface area contributed by atoms with Crippen LogP contribution in [0.25, 0.3) is 0 Å². The number of nitrogens with zero attached hydrogens (tertiary/aromatic N) is 1. The van der Waals surface area contributed by atoms with Crippen molar-refractivity contribution in [2.24, 2.45) is 0 Å². The van der Waals surface area contributed by atoms with Crippen molar-refractivity contribution in [1.82, 2.24) is 10.2 Å². The molecule has 0 radical (unpaired) electrons. The number of carbonyl (C=O) groups excluding carboxylic acids is 1. The highest BCUT2D eigenvalue weighted by Crippen LogP contribution is 2.32. The van der Waals surface area contributed by atoms with Crippen molar-refractivity contribution in [2.45, 2.75) is 83.8 Å². The van der Waals surface area contributed by atoms with Crippen LogP contribution >= 0.6 is 0 Å². The van der Waals surface area contributed by atoms with Gasteiger partial charge in [-0.1, -0.05) is 31.5 Å². The van der Waals surface area contributed by atoms with E-state index in [-0.39, 0.29) is 23.0 Å². The summed E-state index contributed by atoms with van der Waals surface area (Å²) in [4.78, 5) is 15.4. The SMILES string of the molecule is CCCCN(C(=O)Cc1ccccc1OC)C1CC(C)(C)NC(C)(C)C1. The highest BCUT2D eigenvalue weighted by molar-refractivity contribution is 5.80. The zero-order valence-corrected chi connectivity index (χ0v) is 17.4. The van der Waals surface area contributed by atoms with Gasteiger partial charge < -0.3 is 15.0 Å². The molecule has 4 nitrogen and oxygen atoms in total. The molecular weight excluding hydrogens is 324 g/mol. The molecule has 1 aliphatic rings. The summed E-state index contributed by atoms with van der Waals surface area (Å²) in [7, 11) is 1.66. The van der Waals surface area contributed by atoms with E-state index in [0.717, 1.165) is 43.5 Å². The highest BCUT2D eigenvalue weighted by Gasteiger charge is 2.41. The average molecular weight is 361 g/mol. The van der Waals surface area contributed by atoms with E-state index in [1.54, 1.807) is 7.11 Å². The zero-order chi connectivity index (χ0) is 19.4. The topological polar surface area (TPSA) is 41.6 Å². The number of unbranched alkanes of at least 4 members (excludes halogenated alkanes) is 1. The summed E-state index contributed by atoms with van der Waals surface area (Å²) in [5, 5.41) is 3.72. The molecule has 1 aromatic carbocycles. The first-order chi connectivity index (χ1) is 12.2. The lowest BCUT2D eigenvalue weighted by Crippen LogP contribution is -2.63. The predicted molar refractivity (Wildman–Crippen MR) is 108 cm³/mol. The summed E-state index contributed by atoms with van der Waals surface area (Å²) in [6.07, 6.45) is 4.51. The number of amides is 1. The lowest BCUT2D eigenvalue weighted by atomic mass is 9.79. The number of hydrogen-bond donors (Lipinski definition) is 1. The van der Waals surface area contributed by atoms with Crippen molar-refractivity contribution in [3.05, 3.63) is 29.8 Å². The quantitative estimate of drug-likeness (QED) is 0.793. The molecule has 1 N–H and O–H groups in total. The number of methoxy groups -OCH3 is 1. The van der Waals surface area contributed by atoms with E-state index in [1.807, 2.05) is 24.3 Å². The molecule has 1 amide bonds. The summed E-state index contributed by atoms with van der Waals surface area (Å²) in [6.45, 7) is 12.0. The molecular formula is C22H36N2O2. The van der Waals surface area contributed by atoms with Gasteiger partial charge in [0.15, 0.2) is 0 Å². The summed E-state index contributed by atoms with van der Waals surface area (Å²) < 4.78 is 5.44. The van der Waals surface area contributed by atoms with Gasteiger partial charge in [-0.15, -0.1) is 0 Å². The monoisotopic (exact) mass is 360 g/mol. The third kappa shape index (κ3) is 5.47. The van der Waals surface area contributed by atoms with Crippen LogP contribution in [-0.2, 0) is 11.2 Å². The van der Waals surface area contributed by atoms with Crippen LogP contribution in [0, 0.1) is 0 Å². The van der Waals surface area contributed by atoms with Crippen LogP contribution in [0.15, 0.2) is 24.3 Å². The van der Waals surface area contributed by atoms with Crippen molar-refractivity contribution in [2.75, 3.05) is 13.7 Å². The Labute approximate surface area is 159 Å². The standard InChI is InChI=1S/C22H36N2O2/c1-7-8-13-24(18-15-21(2,3)23-22(4,5)16-18)20(25)14-17-11-9-10-12-19(17)26-6/h9-12,18,23H,7-8,13-16H2,1-6H3. The van der Waals surface area contributed by atoms with E-state index in [0.29, 0.717) is 6.42 Å². The largest absolute Gasteiger partial charge is 0.496 e. The van der Waals surface area contributed by atoms with Crippen LogP contribution in [0.4, 0.5) is 0 Å². The second-order valence-electron chi connectivity index (χ2n) is 8.88. The summed E-state index contributed by atoms with van der Waals surface area (Å²) in [6, 6.07) is 8.11. The molecule has 0 spiro atoms. The molecule has 1 fully saturated rings. The lowest BCUT2D eigenvalue weighted by molar-refractivity contribution is -0.134. The Morgan fingerprint density at radius 3 is 2.38 bits per heavy atom. The Morgan fingerprint density at radius 2 is 1.81 bits per heavy atom. The van der Waals surface area contributed by atoms with Crippen LogP contribution in [0.2, 0.25) is 0 Å². The van der Waals surface area contributed by atoms with Crippen molar-refractivity contribution in [1.29, 1.82) is 0 Å². The minimum Gasteiger partial charge on any atom is -0.496 e. The number of benzene rings is 1. The van der Waals surface area contributed by atoms with Gasteiger partial charge in [0.2, 0.25) is 5.91 Å². The van der Waals surface area contributed by atoms with Gasteiger partial charge in [-0.3, -0.25) is 4.79 Å². The van der Waals surface area contributed by atoms with Gasteiger partial charge >= 0.3 is 0 Å². The van der Waals surface area contributed by atoms with Crippen molar-refractivity contribution in [3.8, 4) is 5.75 Å². The molecule has 4 heteroatoms. The van der Waals surface area contributed by atoms with Gasteiger partial charge in [0.05, 0.1) is 13.5 Å². The van der Waals surface area contributed by atoms with Crippen molar-refractivity contribution >= 4 is 5.91 Å². The van der Waals surface area contributed by atoms with E-state index < -0.39 is 0 Å². The van der Waals surface area contributed by atoms with Gasteiger partial charge in [-0.05, 0) is 53.0 Å². The molecule has 0 atom stereocenters. The minimum atomic E-state index is 0.0294. The molecule has 1 aliphatic heterocycles. The Kier molecular flexibility index (Phi) is 6.73. The third-order valence-electron chi connectivity index (χ3n) is 5.22. The molecule has 0 unspecified atom stereocenters. The first-order valence-corrected chi connectivity index (χ1v) is 9.88. The molecule has 146 valence electrons. The normalized spacial score (nSPS) is 19.2. The van der Waals surface area contributed by atoms with Crippen LogP contribution in [-0.4, -0.2) is 41.6 Å². The molecule has 0 aromatic heterocycles. The van der Waals surface area contributed by atoms with Crippen LogP contribution in [0.3, 0.4) is 0 Å². The number of rotatable bonds is 7. The maximum absolute atomic E-state index is 13.3. The molecule has 1 heterocycles. The average Bonchev–Trinajstić information content (AvgIpc) is 2.53. The maximum atomic E-state index is 13.3. The van der Waals surface area contributed by atoms with E-state index in [1.165, 1.54) is 0 Å². The molecule has 2 rings (SSSR count). The second kappa shape index (κ2) is 8.43. The van der Waals surface area contributed by atoms with E-state index in [4.69, 9.17) is 4.74 Å². The number of carbonyl (C=O) groups is 1. The van der Waals surface area contributed by atoms with E-state index >= 15 is 0 Å². The summed E-state index contributed by atoms with van der Waals surface area (Å²) >= 11 is 0. The third-order valence-corrected chi connectivity index (χ3v) is 5.22. The van der Waals surface area contributed by atoms with Crippen molar-refractivity contribution in [3.63, 3.8) is 0 Å². The zero-order valence-electron chi connectivity index (χ0n) is 17.4. The fourth-order valence-electron chi connectivity index (χ4n) is 4.44. The van der Waals surface area contributed by atoms with Crippen LogP contribution in [0.5, 0.6) is 5.75 Å². The molecule has 0 saturated carbocycles. The Hall–Kier alpha value is -1.55. The molecule has 0 bridgehead atoms. The number of nitrogens with one attached hydrogen (secondary N) is 1. The fraction of sp³-hybridized carbons (Fsp3) is 0.682. The molecule has 26 heavy (non-hydrogen) atoms. The van der Waals surface area contributed by atoms with Gasteiger partial charge in [0.25, 0.3) is 0 Å². The lowest BCUT2D eigenvalue weighted by Gasteiger charge is -2.49. The fourth-order valence-corrected chi connectivity index (χ4v) is 4.44. The van der Waals surface area contributed by atoms with Gasteiger partial charge in [-0.2, -0.15) is 0 Å². The van der Waals surface area contributed by atoms with Crippen LogP contribution < -0.4 is 10.1 Å². The van der Waals surface area contributed by atoms with Gasteiger partial charge in [0.1, 0.15) is 5.75 Å². The highest BCUT2D eigenvalue weighted by atomic mass is 16.5. The number of ether oxygens (including phenoxy) is 1. The predicted octanol–water partition coefficient (Wildman–Crippen LogP) is 4.18. The second-order valence-corrected chi connectivity index (χ2v) is 8.88. The number of hydrogen-bond acceptors (Lipinski definition) is 3. The molecule has 1 aromatic rings.